The molecule has 3 heterocycles. The number of likely N-dealkylation sites (tertiary alicyclic amines) is 1. The first-order valence-corrected chi connectivity index (χ1v) is 11.4. The average molecular weight is 437 g/mol. The van der Waals surface area contributed by atoms with Gasteiger partial charge in [-0.25, -0.2) is 4.98 Å². The molecule has 2 aliphatic heterocycles. The van der Waals surface area contributed by atoms with Crippen LogP contribution in [-0.2, 0) is 11.2 Å². The number of rotatable bonds is 5. The van der Waals surface area contributed by atoms with Gasteiger partial charge < -0.3 is 19.1 Å². The lowest BCUT2D eigenvalue weighted by Gasteiger charge is -2.26. The van der Waals surface area contributed by atoms with Gasteiger partial charge in [0.25, 0.3) is 0 Å². The molecule has 0 bridgehead atoms. The fourth-order valence-corrected chi connectivity index (χ4v) is 5.02. The molecular weight excluding hydrogens is 412 g/mol. The number of ether oxygens (including phenoxy) is 3. The van der Waals surface area contributed by atoms with Gasteiger partial charge in [0.1, 0.15) is 24.0 Å². The van der Waals surface area contributed by atoms with Gasteiger partial charge in [0.05, 0.1) is 25.3 Å². The normalized spacial score (nSPS) is 17.6. The van der Waals surface area contributed by atoms with Crippen LogP contribution in [0.15, 0.2) is 47.8 Å². The van der Waals surface area contributed by atoms with Gasteiger partial charge >= 0.3 is 0 Å². The summed E-state index contributed by atoms with van der Waals surface area (Å²) in [4.78, 5) is 19.8. The zero-order valence-corrected chi connectivity index (χ0v) is 18.2. The highest BCUT2D eigenvalue weighted by atomic mass is 32.1. The van der Waals surface area contributed by atoms with Crippen LogP contribution >= 0.6 is 11.3 Å². The van der Waals surface area contributed by atoms with Crippen molar-refractivity contribution < 1.29 is 19.0 Å². The van der Waals surface area contributed by atoms with Gasteiger partial charge in [0.2, 0.25) is 5.91 Å². The Morgan fingerprint density at radius 1 is 1.16 bits per heavy atom. The number of hydrogen-bond donors (Lipinski definition) is 0. The highest BCUT2D eigenvalue weighted by Crippen LogP contribution is 2.38. The van der Waals surface area contributed by atoms with Crippen molar-refractivity contribution in [1.29, 1.82) is 0 Å². The lowest BCUT2D eigenvalue weighted by atomic mass is 10.0. The van der Waals surface area contributed by atoms with Gasteiger partial charge in [0, 0.05) is 17.5 Å². The van der Waals surface area contributed by atoms with Crippen LogP contribution in [0.2, 0.25) is 0 Å². The Morgan fingerprint density at radius 3 is 2.77 bits per heavy atom. The number of aromatic nitrogens is 1. The molecule has 0 N–H and O–H groups in total. The van der Waals surface area contributed by atoms with Crippen molar-refractivity contribution in [3.63, 3.8) is 0 Å². The van der Waals surface area contributed by atoms with Gasteiger partial charge in [-0.1, -0.05) is 6.07 Å². The summed E-state index contributed by atoms with van der Waals surface area (Å²) in [6.45, 7) is 1.91. The minimum absolute atomic E-state index is 0.0722. The van der Waals surface area contributed by atoms with Gasteiger partial charge in [-0.05, 0) is 54.8 Å². The molecule has 0 aliphatic carbocycles. The maximum absolute atomic E-state index is 13.1. The first-order chi connectivity index (χ1) is 15.2. The minimum atomic E-state index is 0.0722. The summed E-state index contributed by atoms with van der Waals surface area (Å²) >= 11 is 1.56. The summed E-state index contributed by atoms with van der Waals surface area (Å²) < 4.78 is 16.6. The molecule has 1 aromatic heterocycles. The second kappa shape index (κ2) is 8.59. The molecule has 1 amide bonds. The van der Waals surface area contributed by atoms with Crippen LogP contribution in [0.1, 0.15) is 30.1 Å². The third kappa shape index (κ3) is 4.10. The molecule has 2 aromatic carbocycles. The molecule has 0 radical (unpaired) electrons. The van der Waals surface area contributed by atoms with Crippen LogP contribution in [0.4, 0.5) is 0 Å². The summed E-state index contributed by atoms with van der Waals surface area (Å²) in [6.07, 6.45) is 2.27. The number of thiazole rings is 1. The molecule has 7 heteroatoms. The molecular formula is C24H24N2O4S. The zero-order valence-electron chi connectivity index (χ0n) is 17.4. The molecule has 5 rings (SSSR count). The van der Waals surface area contributed by atoms with Crippen LogP contribution in [0.5, 0.6) is 17.2 Å². The van der Waals surface area contributed by atoms with Crippen molar-refractivity contribution in [3.8, 4) is 27.8 Å². The predicted molar refractivity (Wildman–Crippen MR) is 119 cm³/mol. The Balaban J connectivity index is 1.29. The van der Waals surface area contributed by atoms with Gasteiger partial charge in [0.15, 0.2) is 11.5 Å². The smallest absolute Gasteiger partial charge is 0.229 e. The van der Waals surface area contributed by atoms with Crippen LogP contribution in [0.25, 0.3) is 10.6 Å². The quantitative estimate of drug-likeness (QED) is 0.590. The van der Waals surface area contributed by atoms with Crippen molar-refractivity contribution in [3.05, 3.63) is 59.1 Å². The van der Waals surface area contributed by atoms with Gasteiger partial charge in [-0.2, -0.15) is 0 Å². The molecule has 3 aromatic rings. The number of carbonyl (C=O) groups excluding carboxylic acids is 1. The van der Waals surface area contributed by atoms with Crippen molar-refractivity contribution >= 4 is 17.2 Å². The number of methoxy groups -OCH3 is 1. The molecule has 160 valence electrons. The van der Waals surface area contributed by atoms with Crippen LogP contribution in [0.3, 0.4) is 0 Å². The standard InChI is InChI=1S/C24H24N2O4S/c1-28-19-7-4-16(5-8-19)24-25-18(15-31-24)14-23(27)26-10-2-3-20(26)17-6-9-21-22(13-17)30-12-11-29-21/h4-9,13,15,20H,2-3,10-12,14H2,1H3. The van der Waals surface area contributed by atoms with E-state index in [1.165, 1.54) is 0 Å². The molecule has 6 nitrogen and oxygen atoms in total. The van der Waals surface area contributed by atoms with Gasteiger partial charge in [-0.3, -0.25) is 4.79 Å². The van der Waals surface area contributed by atoms with Crippen molar-refractivity contribution in [2.75, 3.05) is 26.9 Å². The molecule has 1 unspecified atom stereocenters. The van der Waals surface area contributed by atoms with Crippen molar-refractivity contribution in [2.24, 2.45) is 0 Å². The summed E-state index contributed by atoms with van der Waals surface area (Å²) in [5.41, 5.74) is 2.95. The van der Waals surface area contributed by atoms with E-state index in [0.717, 1.165) is 58.5 Å². The molecule has 1 fully saturated rings. The average Bonchev–Trinajstić information content (AvgIpc) is 3.49. The predicted octanol–water partition coefficient (Wildman–Crippen LogP) is 4.50. The van der Waals surface area contributed by atoms with Crippen molar-refractivity contribution in [2.45, 2.75) is 25.3 Å². The van der Waals surface area contributed by atoms with E-state index in [1.54, 1.807) is 18.4 Å². The molecule has 31 heavy (non-hydrogen) atoms. The van der Waals surface area contributed by atoms with E-state index >= 15 is 0 Å². The molecule has 0 saturated carbocycles. The van der Waals surface area contributed by atoms with E-state index in [1.807, 2.05) is 46.7 Å². The second-order valence-corrected chi connectivity index (χ2v) is 8.56. The third-order valence-electron chi connectivity index (χ3n) is 5.75. The van der Waals surface area contributed by atoms with E-state index in [-0.39, 0.29) is 11.9 Å². The number of amides is 1. The molecule has 1 saturated heterocycles. The highest BCUT2D eigenvalue weighted by Gasteiger charge is 2.31. The van der Waals surface area contributed by atoms with E-state index in [4.69, 9.17) is 19.2 Å². The Hall–Kier alpha value is -3.06. The Morgan fingerprint density at radius 2 is 1.97 bits per heavy atom. The van der Waals surface area contributed by atoms with E-state index in [0.29, 0.717) is 19.6 Å². The summed E-state index contributed by atoms with van der Waals surface area (Å²) in [6, 6.07) is 13.9. The summed E-state index contributed by atoms with van der Waals surface area (Å²) in [5.74, 6) is 2.48. The Bertz CT molecular complexity index is 1080. The topological polar surface area (TPSA) is 60.9 Å². The molecule has 0 spiro atoms. The largest absolute Gasteiger partial charge is 0.497 e. The number of carbonyl (C=O) groups is 1. The third-order valence-corrected chi connectivity index (χ3v) is 6.69. The zero-order chi connectivity index (χ0) is 21.2. The monoisotopic (exact) mass is 436 g/mol. The number of benzene rings is 2. The minimum Gasteiger partial charge on any atom is -0.497 e. The van der Waals surface area contributed by atoms with Crippen LogP contribution in [0, 0.1) is 0 Å². The van der Waals surface area contributed by atoms with E-state index in [9.17, 15) is 4.79 Å². The van der Waals surface area contributed by atoms with Crippen LogP contribution in [-0.4, -0.2) is 42.7 Å². The van der Waals surface area contributed by atoms with Crippen LogP contribution < -0.4 is 14.2 Å². The SMILES string of the molecule is COc1ccc(-c2nc(CC(=O)N3CCCC3c3ccc4c(c3)OCCO4)cs2)cc1. The fourth-order valence-electron chi connectivity index (χ4n) is 4.19. The fraction of sp³-hybridized carbons (Fsp3) is 0.333. The summed E-state index contributed by atoms with van der Waals surface area (Å²) in [7, 11) is 1.65. The number of fused-ring (bicyclic) bond motifs is 1. The highest BCUT2D eigenvalue weighted by molar-refractivity contribution is 7.13. The number of nitrogens with zero attached hydrogens (tertiary/aromatic N) is 2. The molecule has 1 atom stereocenters. The Labute approximate surface area is 185 Å². The maximum Gasteiger partial charge on any atom is 0.229 e. The van der Waals surface area contributed by atoms with Crippen molar-refractivity contribution in [1.82, 2.24) is 9.88 Å². The molecule has 2 aliphatic rings. The second-order valence-electron chi connectivity index (χ2n) is 7.70. The Kier molecular flexibility index (Phi) is 5.51. The van der Waals surface area contributed by atoms with E-state index < -0.39 is 0 Å². The maximum atomic E-state index is 13.1. The van der Waals surface area contributed by atoms with Gasteiger partial charge in [-0.15, -0.1) is 11.3 Å². The summed E-state index contributed by atoms with van der Waals surface area (Å²) in [5, 5.41) is 2.89. The van der Waals surface area contributed by atoms with E-state index in [2.05, 4.69) is 6.07 Å². The number of hydrogen-bond acceptors (Lipinski definition) is 6. The lowest BCUT2D eigenvalue weighted by molar-refractivity contribution is -0.131. The lowest BCUT2D eigenvalue weighted by Crippen LogP contribution is -2.32. The first-order valence-electron chi connectivity index (χ1n) is 10.5. The first kappa shape index (κ1) is 19.9.